The van der Waals surface area contributed by atoms with Gasteiger partial charge in [0.1, 0.15) is 6.54 Å². The molecule has 0 aliphatic carbocycles. The van der Waals surface area contributed by atoms with Crippen molar-refractivity contribution < 1.29 is 4.79 Å². The van der Waals surface area contributed by atoms with Gasteiger partial charge in [0, 0.05) is 5.02 Å². The molecule has 2 aromatic carbocycles. The summed E-state index contributed by atoms with van der Waals surface area (Å²) >= 11 is 7.50. The van der Waals surface area contributed by atoms with Gasteiger partial charge in [0.15, 0.2) is 0 Å². The van der Waals surface area contributed by atoms with Crippen LogP contribution < -0.4 is 28.6 Å². The number of primary amides is 1. The molecule has 0 fully saturated rings. The van der Waals surface area contributed by atoms with E-state index in [0.29, 0.717) is 20.8 Å². The number of fused-ring (bicyclic) bond motifs is 1. The number of aryl methyl sites for hydroxylation is 1. The Morgan fingerprint density at radius 2 is 1.85 bits per heavy atom. The van der Waals surface area contributed by atoms with Crippen LogP contribution in [0.25, 0.3) is 10.2 Å². The van der Waals surface area contributed by atoms with E-state index in [0.717, 1.165) is 26.3 Å². The van der Waals surface area contributed by atoms with Crippen molar-refractivity contribution in [3.63, 3.8) is 0 Å². The van der Waals surface area contributed by atoms with E-state index in [2.05, 4.69) is 9.98 Å². The van der Waals surface area contributed by atoms with Crippen LogP contribution in [-0.2, 0) is 24.3 Å². The second-order valence-electron chi connectivity index (χ2n) is 7.23. The largest absolute Gasteiger partial charge is 0.368 e. The lowest BCUT2D eigenvalue weighted by atomic mass is 10.2. The van der Waals surface area contributed by atoms with Gasteiger partial charge >= 0.3 is 11.4 Å². The molecule has 0 aliphatic heterocycles. The third-order valence-electron chi connectivity index (χ3n) is 4.87. The van der Waals surface area contributed by atoms with Crippen LogP contribution in [0.1, 0.15) is 17.5 Å². The summed E-state index contributed by atoms with van der Waals surface area (Å²) < 4.78 is 3.54. The Morgan fingerprint density at radius 3 is 2.52 bits per heavy atom. The van der Waals surface area contributed by atoms with E-state index in [1.165, 1.54) is 4.57 Å². The van der Waals surface area contributed by atoms with E-state index in [4.69, 9.17) is 23.2 Å². The standard InChI is InChI=1S/C21H20ClN7O3S/c1-2-18-26-15-8-7-14(9-16(15)33-18)25-19-27(10-12-3-5-13(22)6-4-12)20(31)28(11-17(23)30)21(32)29(19)24/h3-9H,2,10-11,24H2,1H3,(H2,23,30)/b25-19-. The van der Waals surface area contributed by atoms with Crippen molar-refractivity contribution >= 4 is 44.7 Å². The van der Waals surface area contributed by atoms with E-state index in [1.54, 1.807) is 41.7 Å². The van der Waals surface area contributed by atoms with Crippen molar-refractivity contribution in [3.05, 3.63) is 84.6 Å². The lowest BCUT2D eigenvalue weighted by molar-refractivity contribution is -0.118. The van der Waals surface area contributed by atoms with Gasteiger partial charge in [0.05, 0.1) is 27.5 Å². The van der Waals surface area contributed by atoms with Crippen molar-refractivity contribution in [3.8, 4) is 0 Å². The van der Waals surface area contributed by atoms with Gasteiger partial charge in [0.25, 0.3) is 0 Å². The number of hydrogen-bond donors (Lipinski definition) is 2. The first-order valence-electron chi connectivity index (χ1n) is 9.95. The van der Waals surface area contributed by atoms with E-state index < -0.39 is 23.8 Å². The molecule has 33 heavy (non-hydrogen) atoms. The number of nitrogens with zero attached hydrogens (tertiary/aromatic N) is 5. The molecule has 0 radical (unpaired) electrons. The Bertz CT molecular complexity index is 1550. The third-order valence-corrected chi connectivity index (χ3v) is 6.29. The molecule has 170 valence electrons. The van der Waals surface area contributed by atoms with Crippen LogP contribution in [0.5, 0.6) is 0 Å². The summed E-state index contributed by atoms with van der Waals surface area (Å²) in [6, 6.07) is 12.2. The molecule has 1 amide bonds. The van der Waals surface area contributed by atoms with Crippen LogP contribution in [0, 0.1) is 0 Å². The van der Waals surface area contributed by atoms with Gasteiger partial charge in [-0.1, -0.05) is 30.7 Å². The molecule has 2 aromatic heterocycles. The number of carbonyl (C=O) groups excluding carboxylic acids is 1. The number of carbonyl (C=O) groups is 1. The Balaban J connectivity index is 1.95. The summed E-state index contributed by atoms with van der Waals surface area (Å²) in [6.45, 7) is 1.45. The van der Waals surface area contributed by atoms with Crippen molar-refractivity contribution in [1.82, 2.24) is 18.8 Å². The minimum Gasteiger partial charge on any atom is -0.368 e. The average molecular weight is 486 g/mol. The molecular weight excluding hydrogens is 466 g/mol. The molecule has 4 aromatic rings. The van der Waals surface area contributed by atoms with Gasteiger partial charge in [0.2, 0.25) is 11.5 Å². The SMILES string of the molecule is CCc1nc2ccc(/N=c3\n(N)c(=O)n(CC(N)=O)c(=O)n3Cc3ccc(Cl)cc3)cc2s1. The normalized spacial score (nSPS) is 11.9. The molecule has 0 saturated heterocycles. The topological polar surface area (TPSA) is 143 Å². The number of aromatic nitrogens is 4. The molecule has 10 nitrogen and oxygen atoms in total. The van der Waals surface area contributed by atoms with Gasteiger partial charge in [-0.3, -0.25) is 9.36 Å². The van der Waals surface area contributed by atoms with E-state index >= 15 is 0 Å². The first-order chi connectivity index (χ1) is 15.8. The highest BCUT2D eigenvalue weighted by molar-refractivity contribution is 7.18. The zero-order valence-corrected chi connectivity index (χ0v) is 19.1. The maximum Gasteiger partial charge on any atom is 0.354 e. The molecule has 0 aliphatic rings. The molecule has 0 atom stereocenters. The number of hydrogen-bond acceptors (Lipinski definition) is 7. The summed E-state index contributed by atoms with van der Waals surface area (Å²) in [5, 5.41) is 1.53. The Hall–Kier alpha value is -3.70. The average Bonchev–Trinajstić information content (AvgIpc) is 3.21. The van der Waals surface area contributed by atoms with E-state index in [9.17, 15) is 14.4 Å². The minimum absolute atomic E-state index is 0.0356. The van der Waals surface area contributed by atoms with Gasteiger partial charge in [-0.2, -0.15) is 4.68 Å². The van der Waals surface area contributed by atoms with Crippen molar-refractivity contribution in [2.45, 2.75) is 26.4 Å². The summed E-state index contributed by atoms with van der Waals surface area (Å²) in [4.78, 5) is 46.4. The summed E-state index contributed by atoms with van der Waals surface area (Å²) in [5.74, 6) is 5.19. The van der Waals surface area contributed by atoms with Gasteiger partial charge in [-0.05, 0) is 42.3 Å². The van der Waals surface area contributed by atoms with Gasteiger partial charge < -0.3 is 11.6 Å². The molecule has 0 saturated carbocycles. The van der Waals surface area contributed by atoms with Gasteiger partial charge in [-0.15, -0.1) is 11.3 Å². The van der Waals surface area contributed by atoms with Crippen molar-refractivity contribution in [1.29, 1.82) is 0 Å². The highest BCUT2D eigenvalue weighted by Crippen LogP contribution is 2.26. The predicted octanol–water partition coefficient (Wildman–Crippen LogP) is 1.12. The number of halogens is 1. The van der Waals surface area contributed by atoms with Crippen LogP contribution in [0.15, 0.2) is 57.0 Å². The highest BCUT2D eigenvalue weighted by Gasteiger charge is 2.15. The summed E-state index contributed by atoms with van der Waals surface area (Å²) in [5.41, 5.74) is 5.51. The first kappa shape index (κ1) is 22.5. The Kier molecular flexibility index (Phi) is 6.16. The highest BCUT2D eigenvalue weighted by atomic mass is 35.5. The smallest absolute Gasteiger partial charge is 0.354 e. The Morgan fingerprint density at radius 1 is 1.12 bits per heavy atom. The monoisotopic (exact) mass is 485 g/mol. The second-order valence-corrected chi connectivity index (χ2v) is 8.78. The minimum atomic E-state index is -0.906. The molecule has 2 heterocycles. The number of amides is 1. The number of benzene rings is 2. The number of thiazole rings is 1. The number of nitrogens with two attached hydrogens (primary N) is 2. The van der Waals surface area contributed by atoms with E-state index in [-0.39, 0.29) is 12.2 Å². The Labute approximate surface area is 196 Å². The van der Waals surface area contributed by atoms with Gasteiger partial charge in [-0.25, -0.2) is 24.1 Å². The fraction of sp³-hybridized carbons (Fsp3) is 0.190. The fourth-order valence-electron chi connectivity index (χ4n) is 3.27. The first-order valence-corrected chi connectivity index (χ1v) is 11.1. The molecule has 12 heteroatoms. The predicted molar refractivity (Wildman–Crippen MR) is 127 cm³/mol. The van der Waals surface area contributed by atoms with Crippen molar-refractivity contribution in [2.24, 2.45) is 10.7 Å². The summed E-state index contributed by atoms with van der Waals surface area (Å²) in [7, 11) is 0. The maximum absolute atomic E-state index is 13.2. The third kappa shape index (κ3) is 4.59. The lowest BCUT2D eigenvalue weighted by Gasteiger charge is -2.13. The number of nitrogen functional groups attached to an aromatic ring is 1. The van der Waals surface area contributed by atoms with Crippen LogP contribution in [-0.4, -0.2) is 24.7 Å². The molecule has 4 rings (SSSR count). The zero-order valence-electron chi connectivity index (χ0n) is 17.6. The lowest BCUT2D eigenvalue weighted by Crippen LogP contribution is -2.58. The number of rotatable bonds is 6. The van der Waals surface area contributed by atoms with Crippen LogP contribution in [0.3, 0.4) is 0 Å². The van der Waals surface area contributed by atoms with Crippen LogP contribution in [0.4, 0.5) is 5.69 Å². The van der Waals surface area contributed by atoms with E-state index in [1.807, 2.05) is 19.1 Å². The quantitative estimate of drug-likeness (QED) is 0.393. The molecule has 0 bridgehead atoms. The van der Waals surface area contributed by atoms with Crippen LogP contribution >= 0.6 is 22.9 Å². The molecule has 0 spiro atoms. The van der Waals surface area contributed by atoms with Crippen LogP contribution in [0.2, 0.25) is 5.02 Å². The molecule has 4 N–H and O–H groups in total. The second kappa shape index (κ2) is 9.04. The zero-order chi connectivity index (χ0) is 23.7. The molecular formula is C21H20ClN7O3S. The van der Waals surface area contributed by atoms with Crippen molar-refractivity contribution in [2.75, 3.05) is 5.84 Å². The summed E-state index contributed by atoms with van der Waals surface area (Å²) in [6.07, 6.45) is 0.813. The molecule has 0 unspecified atom stereocenters. The fourth-order valence-corrected chi connectivity index (χ4v) is 4.34. The maximum atomic E-state index is 13.2.